The Bertz CT molecular complexity index is 309. The van der Waals surface area contributed by atoms with Crippen molar-refractivity contribution in [3.63, 3.8) is 0 Å². The van der Waals surface area contributed by atoms with Crippen LogP contribution >= 0.6 is 27.3 Å². The third kappa shape index (κ3) is 3.42. The first-order chi connectivity index (χ1) is 6.63. The zero-order valence-corrected chi connectivity index (χ0v) is 10.7. The molecular formula is C10H14BrNOS. The third-order valence-electron chi connectivity index (χ3n) is 1.78. The fraction of sp³-hybridized carbons (Fsp3) is 0.500. The molecule has 1 amide bonds. The summed E-state index contributed by atoms with van der Waals surface area (Å²) in [6.07, 6.45) is 0.993. The van der Waals surface area contributed by atoms with Crippen LogP contribution in [0.15, 0.2) is 12.1 Å². The van der Waals surface area contributed by atoms with E-state index in [4.69, 9.17) is 0 Å². The van der Waals surface area contributed by atoms with Crippen LogP contribution in [0.4, 0.5) is 0 Å². The molecule has 0 bridgehead atoms. The summed E-state index contributed by atoms with van der Waals surface area (Å²) in [6.45, 7) is 4.76. The van der Waals surface area contributed by atoms with Gasteiger partial charge in [-0.15, -0.1) is 11.3 Å². The minimum atomic E-state index is 0.0287. The summed E-state index contributed by atoms with van der Waals surface area (Å²) >= 11 is 4.95. The van der Waals surface area contributed by atoms with E-state index in [1.54, 1.807) is 11.3 Å². The summed E-state index contributed by atoms with van der Waals surface area (Å²) < 4.78 is 0. The van der Waals surface area contributed by atoms with Gasteiger partial charge in [-0.3, -0.25) is 4.79 Å². The Kier molecular flexibility index (Phi) is 4.62. The summed E-state index contributed by atoms with van der Waals surface area (Å²) in [4.78, 5) is 13.9. The van der Waals surface area contributed by atoms with Crippen LogP contribution in [0.25, 0.3) is 0 Å². The molecule has 4 heteroatoms. The fourth-order valence-corrected chi connectivity index (χ4v) is 2.04. The standard InChI is InChI=1S/C10H14BrNOS/c1-3-8-4-5-9(14-8)10(13)12-6-7(2)11/h4-5,7H,3,6H2,1-2H3,(H,12,13). The van der Waals surface area contributed by atoms with Crippen LogP contribution in [0.1, 0.15) is 28.4 Å². The number of hydrogen-bond donors (Lipinski definition) is 1. The maximum Gasteiger partial charge on any atom is 0.261 e. The molecular weight excluding hydrogens is 262 g/mol. The second-order valence-corrected chi connectivity index (χ2v) is 5.84. The number of aryl methyl sites for hydroxylation is 1. The van der Waals surface area contributed by atoms with Gasteiger partial charge >= 0.3 is 0 Å². The van der Waals surface area contributed by atoms with Crippen molar-refractivity contribution in [3.8, 4) is 0 Å². The molecule has 2 nitrogen and oxygen atoms in total. The summed E-state index contributed by atoms with van der Waals surface area (Å²) in [5, 5.41) is 2.86. The first-order valence-electron chi connectivity index (χ1n) is 4.64. The van der Waals surface area contributed by atoms with Gasteiger partial charge in [0.2, 0.25) is 0 Å². The number of alkyl halides is 1. The Morgan fingerprint density at radius 1 is 1.64 bits per heavy atom. The molecule has 0 aromatic carbocycles. The second-order valence-electron chi connectivity index (χ2n) is 3.11. The average Bonchev–Trinajstić information content (AvgIpc) is 2.62. The number of carbonyl (C=O) groups is 1. The zero-order valence-electron chi connectivity index (χ0n) is 8.34. The van der Waals surface area contributed by atoms with Gasteiger partial charge in [-0.05, 0) is 18.6 Å². The highest BCUT2D eigenvalue weighted by Crippen LogP contribution is 2.16. The van der Waals surface area contributed by atoms with E-state index in [0.717, 1.165) is 11.3 Å². The first-order valence-corrected chi connectivity index (χ1v) is 6.37. The molecule has 1 aromatic heterocycles. The Hall–Kier alpha value is -0.350. The smallest absolute Gasteiger partial charge is 0.261 e. The number of carbonyl (C=O) groups excluding carboxylic acids is 1. The Morgan fingerprint density at radius 2 is 2.36 bits per heavy atom. The molecule has 0 fully saturated rings. The van der Waals surface area contributed by atoms with Gasteiger partial charge in [0.05, 0.1) is 4.88 Å². The van der Waals surface area contributed by atoms with Gasteiger partial charge in [-0.1, -0.05) is 29.8 Å². The molecule has 0 aliphatic heterocycles. The van der Waals surface area contributed by atoms with E-state index in [1.165, 1.54) is 4.88 Å². The van der Waals surface area contributed by atoms with Crippen molar-refractivity contribution in [1.82, 2.24) is 5.32 Å². The molecule has 1 aromatic rings. The van der Waals surface area contributed by atoms with E-state index >= 15 is 0 Å². The highest BCUT2D eigenvalue weighted by Gasteiger charge is 2.08. The van der Waals surface area contributed by atoms with Gasteiger partial charge < -0.3 is 5.32 Å². The number of halogens is 1. The number of rotatable bonds is 4. The van der Waals surface area contributed by atoms with Crippen molar-refractivity contribution in [3.05, 3.63) is 21.9 Å². The molecule has 1 N–H and O–H groups in total. The van der Waals surface area contributed by atoms with E-state index in [9.17, 15) is 4.79 Å². The number of thiophene rings is 1. The van der Waals surface area contributed by atoms with Gasteiger partial charge in [0.25, 0.3) is 5.91 Å². The lowest BCUT2D eigenvalue weighted by atomic mass is 10.3. The highest BCUT2D eigenvalue weighted by atomic mass is 79.9. The minimum Gasteiger partial charge on any atom is -0.350 e. The molecule has 1 rings (SSSR count). The number of hydrogen-bond acceptors (Lipinski definition) is 2. The average molecular weight is 276 g/mol. The predicted molar refractivity (Wildman–Crippen MR) is 64.4 cm³/mol. The summed E-state index contributed by atoms with van der Waals surface area (Å²) in [5.41, 5.74) is 0. The monoisotopic (exact) mass is 275 g/mol. The number of amides is 1. The zero-order chi connectivity index (χ0) is 10.6. The predicted octanol–water partition coefficient (Wildman–Crippen LogP) is 2.82. The molecule has 0 radical (unpaired) electrons. The highest BCUT2D eigenvalue weighted by molar-refractivity contribution is 9.09. The van der Waals surface area contributed by atoms with Crippen LogP contribution in [0.3, 0.4) is 0 Å². The Labute approximate surface area is 96.8 Å². The molecule has 14 heavy (non-hydrogen) atoms. The molecule has 0 aliphatic carbocycles. The van der Waals surface area contributed by atoms with Crippen molar-refractivity contribution in [1.29, 1.82) is 0 Å². The summed E-state index contributed by atoms with van der Waals surface area (Å²) in [7, 11) is 0. The lowest BCUT2D eigenvalue weighted by Crippen LogP contribution is -2.27. The van der Waals surface area contributed by atoms with Gasteiger partial charge in [0.15, 0.2) is 0 Å². The van der Waals surface area contributed by atoms with Crippen LogP contribution in [-0.4, -0.2) is 17.3 Å². The molecule has 1 atom stereocenters. The van der Waals surface area contributed by atoms with Crippen molar-refractivity contribution in [2.45, 2.75) is 25.1 Å². The van der Waals surface area contributed by atoms with Gasteiger partial charge in [-0.25, -0.2) is 0 Å². The normalized spacial score (nSPS) is 12.5. The molecule has 0 saturated carbocycles. The van der Waals surface area contributed by atoms with Crippen LogP contribution in [0.5, 0.6) is 0 Å². The Balaban J connectivity index is 2.52. The topological polar surface area (TPSA) is 29.1 Å². The lowest BCUT2D eigenvalue weighted by molar-refractivity contribution is 0.0958. The van der Waals surface area contributed by atoms with Crippen molar-refractivity contribution >= 4 is 33.2 Å². The minimum absolute atomic E-state index is 0.0287. The third-order valence-corrected chi connectivity index (χ3v) is 3.33. The van der Waals surface area contributed by atoms with Crippen molar-refractivity contribution in [2.75, 3.05) is 6.54 Å². The van der Waals surface area contributed by atoms with Crippen molar-refractivity contribution in [2.24, 2.45) is 0 Å². The van der Waals surface area contributed by atoms with E-state index in [2.05, 4.69) is 28.2 Å². The van der Waals surface area contributed by atoms with Crippen LogP contribution in [0.2, 0.25) is 0 Å². The van der Waals surface area contributed by atoms with E-state index in [0.29, 0.717) is 11.4 Å². The fourth-order valence-electron chi connectivity index (χ4n) is 1.01. The van der Waals surface area contributed by atoms with Crippen LogP contribution in [0, 0.1) is 0 Å². The molecule has 0 saturated heterocycles. The van der Waals surface area contributed by atoms with Crippen molar-refractivity contribution < 1.29 is 4.79 Å². The summed E-state index contributed by atoms with van der Waals surface area (Å²) in [5.74, 6) is 0.0287. The van der Waals surface area contributed by atoms with E-state index < -0.39 is 0 Å². The first kappa shape index (κ1) is 11.7. The Morgan fingerprint density at radius 3 is 2.86 bits per heavy atom. The van der Waals surface area contributed by atoms with Crippen LogP contribution < -0.4 is 5.32 Å². The largest absolute Gasteiger partial charge is 0.350 e. The number of nitrogens with one attached hydrogen (secondary N) is 1. The second kappa shape index (κ2) is 5.51. The molecule has 0 spiro atoms. The maximum atomic E-state index is 11.6. The SMILES string of the molecule is CCc1ccc(C(=O)NCC(C)Br)s1. The molecule has 78 valence electrons. The van der Waals surface area contributed by atoms with E-state index in [-0.39, 0.29) is 5.91 Å². The molecule has 0 aliphatic rings. The van der Waals surface area contributed by atoms with Crippen LogP contribution in [-0.2, 0) is 6.42 Å². The van der Waals surface area contributed by atoms with Gasteiger partial charge in [0, 0.05) is 16.2 Å². The van der Waals surface area contributed by atoms with E-state index in [1.807, 2.05) is 19.1 Å². The maximum absolute atomic E-state index is 11.6. The molecule has 1 heterocycles. The van der Waals surface area contributed by atoms with Gasteiger partial charge in [0.1, 0.15) is 0 Å². The van der Waals surface area contributed by atoms with Gasteiger partial charge in [-0.2, -0.15) is 0 Å². The molecule has 1 unspecified atom stereocenters. The quantitative estimate of drug-likeness (QED) is 0.842. The lowest BCUT2D eigenvalue weighted by Gasteiger charge is -2.04. The summed E-state index contributed by atoms with van der Waals surface area (Å²) in [6, 6.07) is 3.90.